The van der Waals surface area contributed by atoms with E-state index in [2.05, 4.69) is 23.3 Å². The summed E-state index contributed by atoms with van der Waals surface area (Å²) in [5.41, 5.74) is 0.477. The quantitative estimate of drug-likeness (QED) is 0.856. The van der Waals surface area contributed by atoms with E-state index in [0.29, 0.717) is 22.4 Å². The third-order valence-electron chi connectivity index (χ3n) is 3.05. The van der Waals surface area contributed by atoms with Gasteiger partial charge in [-0.2, -0.15) is 5.26 Å². The van der Waals surface area contributed by atoms with Crippen molar-refractivity contribution in [2.24, 2.45) is 5.92 Å². The molecule has 0 spiro atoms. The van der Waals surface area contributed by atoms with E-state index >= 15 is 0 Å². The molecular weight excluding hydrogens is 222 g/mol. The molecule has 0 radical (unpaired) electrons. The van der Waals surface area contributed by atoms with E-state index in [1.54, 1.807) is 12.3 Å². The first kappa shape index (κ1) is 11.2. The van der Waals surface area contributed by atoms with Crippen molar-refractivity contribution in [2.45, 2.75) is 32.2 Å². The summed E-state index contributed by atoms with van der Waals surface area (Å²) in [6, 6.07) is 4.13. The van der Waals surface area contributed by atoms with Gasteiger partial charge >= 0.3 is 0 Å². The third-order valence-corrected chi connectivity index (χ3v) is 3.43. The van der Waals surface area contributed by atoms with Gasteiger partial charge in [0.05, 0.1) is 5.56 Å². The normalized spacial score (nSPS) is 24.1. The van der Waals surface area contributed by atoms with Crippen LogP contribution in [0.3, 0.4) is 0 Å². The zero-order valence-electron chi connectivity index (χ0n) is 9.20. The van der Waals surface area contributed by atoms with Crippen molar-refractivity contribution in [2.75, 3.05) is 5.32 Å². The van der Waals surface area contributed by atoms with Crippen LogP contribution in [0, 0.1) is 17.2 Å². The number of anilines is 1. The molecule has 1 N–H and O–H groups in total. The minimum Gasteiger partial charge on any atom is -0.366 e. The molecule has 1 aliphatic rings. The molecule has 1 aromatic heterocycles. The number of nitrogens with zero attached hydrogens (tertiary/aromatic N) is 2. The van der Waals surface area contributed by atoms with Gasteiger partial charge in [0.2, 0.25) is 0 Å². The molecule has 1 heterocycles. The lowest BCUT2D eigenvalue weighted by molar-refractivity contribution is 0.602. The highest BCUT2D eigenvalue weighted by Crippen LogP contribution is 2.30. The predicted molar refractivity (Wildman–Crippen MR) is 64.4 cm³/mol. The number of nitriles is 1. The Morgan fingerprint density at radius 2 is 2.38 bits per heavy atom. The number of hydrogen-bond acceptors (Lipinski definition) is 3. The lowest BCUT2D eigenvalue weighted by atomic mass is 10.1. The van der Waals surface area contributed by atoms with Gasteiger partial charge < -0.3 is 5.32 Å². The molecule has 1 aliphatic carbocycles. The Morgan fingerprint density at radius 1 is 1.56 bits per heavy atom. The predicted octanol–water partition coefficient (Wildman–Crippen LogP) is 3.21. The number of aromatic nitrogens is 1. The fraction of sp³-hybridized carbons (Fsp3) is 0.500. The lowest BCUT2D eigenvalue weighted by Crippen LogP contribution is -2.16. The molecule has 16 heavy (non-hydrogen) atoms. The third kappa shape index (κ3) is 2.28. The second-order valence-electron chi connectivity index (χ2n) is 4.39. The summed E-state index contributed by atoms with van der Waals surface area (Å²) in [5.74, 6) is 1.40. The van der Waals surface area contributed by atoms with E-state index in [9.17, 15) is 0 Å². The van der Waals surface area contributed by atoms with Gasteiger partial charge in [0.1, 0.15) is 16.9 Å². The summed E-state index contributed by atoms with van der Waals surface area (Å²) in [5, 5.41) is 12.6. The first-order valence-electron chi connectivity index (χ1n) is 5.52. The van der Waals surface area contributed by atoms with Crippen LogP contribution in [0.4, 0.5) is 5.82 Å². The van der Waals surface area contributed by atoms with Crippen LogP contribution in [0.2, 0.25) is 5.02 Å². The molecule has 2 unspecified atom stereocenters. The molecule has 1 fully saturated rings. The second kappa shape index (κ2) is 4.71. The van der Waals surface area contributed by atoms with Gasteiger partial charge in [-0.1, -0.05) is 18.5 Å². The van der Waals surface area contributed by atoms with E-state index < -0.39 is 0 Å². The molecule has 84 valence electrons. The molecule has 0 saturated heterocycles. The zero-order chi connectivity index (χ0) is 11.5. The summed E-state index contributed by atoms with van der Waals surface area (Å²) in [6.45, 7) is 2.25. The molecule has 2 atom stereocenters. The van der Waals surface area contributed by atoms with Crippen LogP contribution in [-0.2, 0) is 0 Å². The molecular formula is C12H14ClN3. The highest BCUT2D eigenvalue weighted by atomic mass is 35.5. The number of nitrogens with one attached hydrogen (secondary N) is 1. The molecule has 1 aromatic rings. The minimum atomic E-state index is 0.435. The van der Waals surface area contributed by atoms with E-state index in [0.717, 1.165) is 18.8 Å². The standard InChI is InChI=1S/C12H14ClN3/c1-8-2-3-10(6-8)16-12-11(13)9(7-14)4-5-15-12/h4-5,8,10H,2-3,6H2,1H3,(H,15,16). The van der Waals surface area contributed by atoms with Crippen LogP contribution >= 0.6 is 11.6 Å². The summed E-state index contributed by atoms with van der Waals surface area (Å²) in [6.07, 6.45) is 5.16. The molecule has 0 bridgehead atoms. The fourth-order valence-corrected chi connectivity index (χ4v) is 2.37. The van der Waals surface area contributed by atoms with Crippen molar-refractivity contribution < 1.29 is 0 Å². The summed E-state index contributed by atoms with van der Waals surface area (Å²) in [7, 11) is 0. The van der Waals surface area contributed by atoms with Crippen molar-refractivity contribution in [3.05, 3.63) is 22.8 Å². The van der Waals surface area contributed by atoms with Crippen LogP contribution in [0.1, 0.15) is 31.7 Å². The van der Waals surface area contributed by atoms with Crippen LogP contribution in [0.25, 0.3) is 0 Å². The maximum Gasteiger partial charge on any atom is 0.146 e. The van der Waals surface area contributed by atoms with Gasteiger partial charge in [-0.3, -0.25) is 0 Å². The lowest BCUT2D eigenvalue weighted by Gasteiger charge is -2.14. The monoisotopic (exact) mass is 235 g/mol. The maximum atomic E-state index is 8.86. The smallest absolute Gasteiger partial charge is 0.146 e. The Labute approximate surface area is 100 Å². The number of pyridine rings is 1. The summed E-state index contributed by atoms with van der Waals surface area (Å²) >= 11 is 6.08. The van der Waals surface area contributed by atoms with Gasteiger partial charge in [0, 0.05) is 12.2 Å². The van der Waals surface area contributed by atoms with Crippen molar-refractivity contribution in [3.63, 3.8) is 0 Å². The summed E-state index contributed by atoms with van der Waals surface area (Å²) in [4.78, 5) is 4.18. The van der Waals surface area contributed by atoms with Gasteiger partial charge in [-0.15, -0.1) is 0 Å². The Hall–Kier alpha value is -1.27. The molecule has 1 saturated carbocycles. The number of hydrogen-bond donors (Lipinski definition) is 1. The first-order valence-corrected chi connectivity index (χ1v) is 5.89. The fourth-order valence-electron chi connectivity index (χ4n) is 2.16. The molecule has 2 rings (SSSR count). The highest BCUT2D eigenvalue weighted by Gasteiger charge is 2.22. The number of halogens is 1. The molecule has 3 nitrogen and oxygen atoms in total. The van der Waals surface area contributed by atoms with Crippen molar-refractivity contribution in [1.29, 1.82) is 5.26 Å². The van der Waals surface area contributed by atoms with E-state index in [4.69, 9.17) is 16.9 Å². The maximum absolute atomic E-state index is 8.86. The van der Waals surface area contributed by atoms with Crippen molar-refractivity contribution >= 4 is 17.4 Å². The van der Waals surface area contributed by atoms with Crippen LogP contribution in [-0.4, -0.2) is 11.0 Å². The van der Waals surface area contributed by atoms with Crippen molar-refractivity contribution in [1.82, 2.24) is 4.98 Å². The highest BCUT2D eigenvalue weighted by molar-refractivity contribution is 6.34. The van der Waals surface area contributed by atoms with Gasteiger partial charge in [-0.25, -0.2) is 4.98 Å². The number of rotatable bonds is 2. The van der Waals surface area contributed by atoms with Crippen LogP contribution in [0.15, 0.2) is 12.3 Å². The molecule has 0 amide bonds. The Bertz CT molecular complexity index is 425. The van der Waals surface area contributed by atoms with E-state index in [-0.39, 0.29) is 0 Å². The Kier molecular flexibility index (Phi) is 3.31. The van der Waals surface area contributed by atoms with Gasteiger partial charge in [-0.05, 0) is 31.2 Å². The summed E-state index contributed by atoms with van der Waals surface area (Å²) < 4.78 is 0. The SMILES string of the molecule is CC1CCC(Nc2nccc(C#N)c2Cl)C1. The Morgan fingerprint density at radius 3 is 3.00 bits per heavy atom. The van der Waals surface area contributed by atoms with E-state index in [1.165, 1.54) is 6.42 Å². The topological polar surface area (TPSA) is 48.7 Å². The van der Waals surface area contributed by atoms with Gasteiger partial charge in [0.15, 0.2) is 0 Å². The first-order chi connectivity index (χ1) is 7.70. The largest absolute Gasteiger partial charge is 0.366 e. The molecule has 0 aromatic carbocycles. The second-order valence-corrected chi connectivity index (χ2v) is 4.77. The van der Waals surface area contributed by atoms with Crippen LogP contribution < -0.4 is 5.32 Å². The molecule has 4 heteroatoms. The van der Waals surface area contributed by atoms with Crippen LogP contribution in [0.5, 0.6) is 0 Å². The average Bonchev–Trinajstić information content (AvgIpc) is 2.67. The van der Waals surface area contributed by atoms with E-state index in [1.807, 2.05) is 0 Å². The Balaban J connectivity index is 2.13. The average molecular weight is 236 g/mol. The molecule has 0 aliphatic heterocycles. The van der Waals surface area contributed by atoms with Gasteiger partial charge in [0.25, 0.3) is 0 Å². The zero-order valence-corrected chi connectivity index (χ0v) is 9.96. The minimum absolute atomic E-state index is 0.435. The van der Waals surface area contributed by atoms with Crippen molar-refractivity contribution in [3.8, 4) is 6.07 Å².